The molecule has 0 aliphatic carbocycles. The third-order valence-corrected chi connectivity index (χ3v) is 6.41. The zero-order chi connectivity index (χ0) is 21.8. The Bertz CT molecular complexity index is 873. The number of anilines is 3. The minimum atomic E-state index is 0.103. The molecule has 0 bridgehead atoms. The van der Waals surface area contributed by atoms with Gasteiger partial charge in [0.05, 0.1) is 6.04 Å². The van der Waals surface area contributed by atoms with Crippen molar-refractivity contribution < 1.29 is 0 Å². The summed E-state index contributed by atoms with van der Waals surface area (Å²) in [5.41, 5.74) is 1.19. The molecular weight excluding hydrogens is 404 g/mol. The molecule has 1 aromatic heterocycles. The molecule has 31 heavy (non-hydrogen) atoms. The second-order valence-electron chi connectivity index (χ2n) is 9.18. The van der Waals surface area contributed by atoms with Gasteiger partial charge in [-0.3, -0.25) is 0 Å². The molecule has 0 radical (unpaired) electrons. The van der Waals surface area contributed by atoms with E-state index < -0.39 is 0 Å². The number of piperidine rings is 1. The Balaban J connectivity index is 1.53. The molecule has 7 heteroatoms. The van der Waals surface area contributed by atoms with Crippen molar-refractivity contribution >= 4 is 34.9 Å². The summed E-state index contributed by atoms with van der Waals surface area (Å²) in [5, 5.41) is 7.16. The Morgan fingerprint density at radius 3 is 2.26 bits per heavy atom. The molecule has 0 amide bonds. The van der Waals surface area contributed by atoms with Crippen molar-refractivity contribution in [3.63, 3.8) is 0 Å². The molecule has 2 aliphatic heterocycles. The molecule has 2 aliphatic rings. The zero-order valence-electron chi connectivity index (χ0n) is 18.8. The molecular formula is C24H34N6S. The van der Waals surface area contributed by atoms with Gasteiger partial charge < -0.3 is 20.4 Å². The number of benzene rings is 1. The van der Waals surface area contributed by atoms with E-state index in [1.807, 2.05) is 18.2 Å². The summed E-state index contributed by atoms with van der Waals surface area (Å²) in [5.74, 6) is 3.90. The topological polar surface area (TPSA) is 56.3 Å². The first-order valence-electron chi connectivity index (χ1n) is 11.5. The number of thiocarbonyl (C=S) groups is 1. The van der Waals surface area contributed by atoms with E-state index in [9.17, 15) is 0 Å². The van der Waals surface area contributed by atoms with Crippen molar-refractivity contribution in [2.75, 3.05) is 41.3 Å². The van der Waals surface area contributed by atoms with E-state index in [1.165, 1.54) is 24.8 Å². The van der Waals surface area contributed by atoms with Crippen LogP contribution in [0.4, 0.5) is 17.6 Å². The molecule has 3 heterocycles. The van der Waals surface area contributed by atoms with Gasteiger partial charge in [0.1, 0.15) is 11.6 Å². The first-order valence-corrected chi connectivity index (χ1v) is 11.9. The summed E-state index contributed by atoms with van der Waals surface area (Å²) in [4.78, 5) is 14.5. The minimum absolute atomic E-state index is 0.103. The second kappa shape index (κ2) is 9.81. The van der Waals surface area contributed by atoms with E-state index in [1.54, 1.807) is 0 Å². The molecule has 6 nitrogen and oxygen atoms in total. The van der Waals surface area contributed by atoms with Gasteiger partial charge in [0.15, 0.2) is 5.11 Å². The lowest BCUT2D eigenvalue weighted by Crippen LogP contribution is -2.39. The lowest BCUT2D eigenvalue weighted by molar-refractivity contribution is 0.355. The summed E-state index contributed by atoms with van der Waals surface area (Å²) >= 11 is 5.60. The fraction of sp³-hybridized carbons (Fsp3) is 0.542. The lowest BCUT2D eigenvalue weighted by Gasteiger charge is -2.36. The lowest BCUT2D eigenvalue weighted by atomic mass is 9.92. The molecule has 4 rings (SSSR count). The third kappa shape index (κ3) is 5.64. The van der Waals surface area contributed by atoms with E-state index in [4.69, 9.17) is 22.2 Å². The largest absolute Gasteiger partial charge is 0.356 e. The van der Waals surface area contributed by atoms with Crippen molar-refractivity contribution in [1.82, 2.24) is 15.3 Å². The van der Waals surface area contributed by atoms with Gasteiger partial charge in [0.25, 0.3) is 0 Å². The predicted molar refractivity (Wildman–Crippen MR) is 133 cm³/mol. The van der Waals surface area contributed by atoms with E-state index in [2.05, 4.69) is 59.4 Å². The highest BCUT2D eigenvalue weighted by Gasteiger charge is 2.25. The Morgan fingerprint density at radius 1 is 1.00 bits per heavy atom. The highest BCUT2D eigenvalue weighted by atomic mass is 32.1. The number of nitrogens with one attached hydrogen (secondary N) is 2. The first kappa shape index (κ1) is 21.8. The maximum Gasteiger partial charge on any atom is 0.232 e. The Kier molecular flexibility index (Phi) is 6.90. The molecule has 2 N–H and O–H groups in total. The smallest absolute Gasteiger partial charge is 0.232 e. The van der Waals surface area contributed by atoms with Gasteiger partial charge >= 0.3 is 0 Å². The summed E-state index contributed by atoms with van der Waals surface area (Å²) in [6, 6.07) is 12.6. The SMILES string of the molecule is C[C@@H]1C[C@@H](C)CN(c2cc(N3CCCC3)nc(NC(=S)N[C@@H](C)c3ccccc3)n2)C1. The van der Waals surface area contributed by atoms with Crippen LogP contribution in [0.25, 0.3) is 0 Å². The highest BCUT2D eigenvalue weighted by Crippen LogP contribution is 2.29. The van der Waals surface area contributed by atoms with E-state index >= 15 is 0 Å². The Morgan fingerprint density at radius 2 is 1.61 bits per heavy atom. The molecule has 0 unspecified atom stereocenters. The Hall–Kier alpha value is -2.41. The monoisotopic (exact) mass is 438 g/mol. The molecule has 2 aromatic rings. The fourth-order valence-electron chi connectivity index (χ4n) is 4.76. The maximum atomic E-state index is 5.60. The van der Waals surface area contributed by atoms with Crippen LogP contribution < -0.4 is 20.4 Å². The van der Waals surface area contributed by atoms with Crippen molar-refractivity contribution in [2.45, 2.75) is 46.1 Å². The number of nitrogens with zero attached hydrogens (tertiary/aromatic N) is 4. The van der Waals surface area contributed by atoms with E-state index in [0.29, 0.717) is 22.9 Å². The Labute approximate surface area is 191 Å². The van der Waals surface area contributed by atoms with Gasteiger partial charge in [0.2, 0.25) is 5.95 Å². The van der Waals surface area contributed by atoms with Gasteiger partial charge in [-0.1, -0.05) is 44.2 Å². The summed E-state index contributed by atoms with van der Waals surface area (Å²) < 4.78 is 0. The van der Waals surface area contributed by atoms with Crippen molar-refractivity contribution in [2.24, 2.45) is 11.8 Å². The average molecular weight is 439 g/mol. The quantitative estimate of drug-likeness (QED) is 0.661. The second-order valence-corrected chi connectivity index (χ2v) is 9.59. The van der Waals surface area contributed by atoms with Crippen LogP contribution in [-0.4, -0.2) is 41.3 Å². The van der Waals surface area contributed by atoms with Crippen LogP contribution in [0.1, 0.15) is 51.6 Å². The summed E-state index contributed by atoms with van der Waals surface area (Å²) in [7, 11) is 0. The van der Waals surface area contributed by atoms with Gasteiger partial charge in [-0.2, -0.15) is 9.97 Å². The van der Waals surface area contributed by atoms with Crippen molar-refractivity contribution in [3.8, 4) is 0 Å². The third-order valence-electron chi connectivity index (χ3n) is 6.19. The standard InChI is InChI=1S/C24H34N6S/c1-17-13-18(2)16-30(15-17)22-14-21(29-11-7-8-12-29)26-23(27-22)28-24(31)25-19(3)20-9-5-4-6-10-20/h4-6,9-10,14,17-19H,7-8,11-13,15-16H2,1-3H3,(H2,25,26,27,28,31)/t17-,18-,19+/m1/s1. The summed E-state index contributed by atoms with van der Waals surface area (Å²) in [6.07, 6.45) is 3.71. The number of aromatic nitrogens is 2. The van der Waals surface area contributed by atoms with E-state index in [-0.39, 0.29) is 6.04 Å². The van der Waals surface area contributed by atoms with Crippen LogP contribution in [0.2, 0.25) is 0 Å². The van der Waals surface area contributed by atoms with Crippen LogP contribution in [-0.2, 0) is 0 Å². The van der Waals surface area contributed by atoms with Crippen LogP contribution in [0.15, 0.2) is 36.4 Å². The number of hydrogen-bond acceptors (Lipinski definition) is 5. The molecule has 1 aromatic carbocycles. The highest BCUT2D eigenvalue weighted by molar-refractivity contribution is 7.80. The zero-order valence-corrected chi connectivity index (χ0v) is 19.7. The van der Waals surface area contributed by atoms with Crippen LogP contribution in [0.5, 0.6) is 0 Å². The van der Waals surface area contributed by atoms with Crippen LogP contribution in [0, 0.1) is 11.8 Å². The molecule has 0 saturated carbocycles. The van der Waals surface area contributed by atoms with Gasteiger partial charge in [-0.15, -0.1) is 0 Å². The molecule has 3 atom stereocenters. The molecule has 0 spiro atoms. The number of hydrogen-bond donors (Lipinski definition) is 2. The average Bonchev–Trinajstić information content (AvgIpc) is 3.28. The molecule has 166 valence electrons. The predicted octanol–water partition coefficient (Wildman–Crippen LogP) is 4.61. The first-order chi connectivity index (χ1) is 15.0. The fourth-order valence-corrected chi connectivity index (χ4v) is 5.03. The van der Waals surface area contributed by atoms with E-state index in [0.717, 1.165) is 37.8 Å². The molecule has 2 fully saturated rings. The van der Waals surface area contributed by atoms with Gasteiger partial charge in [0, 0.05) is 32.2 Å². The van der Waals surface area contributed by atoms with Crippen molar-refractivity contribution in [1.29, 1.82) is 0 Å². The van der Waals surface area contributed by atoms with Crippen LogP contribution >= 0.6 is 12.2 Å². The summed E-state index contributed by atoms with van der Waals surface area (Å²) in [6.45, 7) is 10.9. The van der Waals surface area contributed by atoms with Crippen molar-refractivity contribution in [3.05, 3.63) is 42.0 Å². The van der Waals surface area contributed by atoms with Gasteiger partial charge in [-0.05, 0) is 55.8 Å². The van der Waals surface area contributed by atoms with Gasteiger partial charge in [-0.25, -0.2) is 0 Å². The normalized spacial score (nSPS) is 22.3. The maximum absolute atomic E-state index is 5.60. The number of rotatable bonds is 5. The minimum Gasteiger partial charge on any atom is -0.356 e. The van der Waals surface area contributed by atoms with Crippen LogP contribution in [0.3, 0.4) is 0 Å². The molecule has 2 saturated heterocycles.